The predicted octanol–water partition coefficient (Wildman–Crippen LogP) is 1.78. The van der Waals surface area contributed by atoms with E-state index in [2.05, 4.69) is 20.6 Å². The second-order valence-corrected chi connectivity index (χ2v) is 5.02. The number of nitrogens with zero attached hydrogens (tertiary/aromatic N) is 1. The van der Waals surface area contributed by atoms with Gasteiger partial charge in [0.1, 0.15) is 5.82 Å². The summed E-state index contributed by atoms with van der Waals surface area (Å²) in [5, 5.41) is 5.26. The number of halogens is 1. The molecule has 0 unspecified atom stereocenters. The zero-order valence-corrected chi connectivity index (χ0v) is 12.3. The van der Waals surface area contributed by atoms with Crippen LogP contribution in [-0.2, 0) is 6.54 Å². The van der Waals surface area contributed by atoms with E-state index in [9.17, 15) is 14.0 Å². The Morgan fingerprint density at radius 3 is 2.91 bits per heavy atom. The van der Waals surface area contributed by atoms with Crippen LogP contribution in [0.4, 0.5) is 9.18 Å². The summed E-state index contributed by atoms with van der Waals surface area (Å²) < 4.78 is 13.1. The van der Waals surface area contributed by atoms with Crippen molar-refractivity contribution in [1.29, 1.82) is 0 Å². The number of H-pyrrole nitrogens is 1. The van der Waals surface area contributed by atoms with Crippen LogP contribution in [0.15, 0.2) is 35.5 Å². The van der Waals surface area contributed by atoms with Gasteiger partial charge in [-0.3, -0.25) is 9.78 Å². The van der Waals surface area contributed by atoms with Crippen molar-refractivity contribution in [2.75, 3.05) is 0 Å². The lowest BCUT2D eigenvalue weighted by atomic mass is 10.1. The third-order valence-corrected chi connectivity index (χ3v) is 3.14. The molecule has 0 saturated heterocycles. The standard InChI is InChI=1S/C15H17FN4O2/c1-9-3-12(14(21)18-5-9)7-19-15(22)20-10(2)11-4-13(16)8-17-6-11/h3-6,8,10H,7H2,1-2H3,(H,18,21)(H2,19,20,22)/t10-/m0/s1. The number of carbonyl (C=O) groups excluding carboxylic acids is 1. The van der Waals surface area contributed by atoms with Crippen LogP contribution in [0.5, 0.6) is 0 Å². The molecule has 2 rings (SSSR count). The van der Waals surface area contributed by atoms with E-state index in [1.54, 1.807) is 19.2 Å². The highest BCUT2D eigenvalue weighted by atomic mass is 19.1. The summed E-state index contributed by atoms with van der Waals surface area (Å²) in [6, 6.07) is 2.17. The summed E-state index contributed by atoms with van der Waals surface area (Å²) in [6.45, 7) is 3.67. The van der Waals surface area contributed by atoms with E-state index in [1.807, 2.05) is 6.92 Å². The number of carbonyl (C=O) groups is 1. The first-order chi connectivity index (χ1) is 10.5. The van der Waals surface area contributed by atoms with Crippen LogP contribution in [0, 0.1) is 12.7 Å². The van der Waals surface area contributed by atoms with Gasteiger partial charge in [0.2, 0.25) is 0 Å². The van der Waals surface area contributed by atoms with E-state index in [-0.39, 0.29) is 12.1 Å². The Hall–Kier alpha value is -2.70. The minimum atomic E-state index is -0.460. The topological polar surface area (TPSA) is 86.9 Å². The van der Waals surface area contributed by atoms with Crippen molar-refractivity contribution in [3.8, 4) is 0 Å². The number of hydrogen-bond donors (Lipinski definition) is 3. The number of aromatic nitrogens is 2. The molecule has 0 radical (unpaired) electrons. The van der Waals surface area contributed by atoms with Crippen molar-refractivity contribution in [2.24, 2.45) is 0 Å². The largest absolute Gasteiger partial charge is 0.334 e. The molecule has 0 aliphatic carbocycles. The van der Waals surface area contributed by atoms with Gasteiger partial charge in [0, 0.05) is 24.5 Å². The fraction of sp³-hybridized carbons (Fsp3) is 0.267. The van der Waals surface area contributed by atoms with Gasteiger partial charge in [-0.25, -0.2) is 9.18 Å². The summed E-state index contributed by atoms with van der Waals surface area (Å²) in [5.41, 5.74) is 1.68. The molecule has 1 atom stereocenters. The molecule has 2 heterocycles. The van der Waals surface area contributed by atoms with Crippen molar-refractivity contribution >= 4 is 6.03 Å². The van der Waals surface area contributed by atoms with Crippen molar-refractivity contribution in [2.45, 2.75) is 26.4 Å². The second kappa shape index (κ2) is 6.84. The van der Waals surface area contributed by atoms with E-state index in [0.717, 1.165) is 11.8 Å². The summed E-state index contributed by atoms with van der Waals surface area (Å²) in [5.74, 6) is -0.460. The number of aromatic amines is 1. The monoisotopic (exact) mass is 304 g/mol. The Morgan fingerprint density at radius 2 is 2.18 bits per heavy atom. The fourth-order valence-electron chi connectivity index (χ4n) is 1.96. The maximum atomic E-state index is 13.1. The first kappa shape index (κ1) is 15.7. The molecule has 0 aliphatic rings. The third kappa shape index (κ3) is 4.15. The van der Waals surface area contributed by atoms with Crippen LogP contribution in [-0.4, -0.2) is 16.0 Å². The van der Waals surface area contributed by atoms with E-state index < -0.39 is 17.9 Å². The maximum Gasteiger partial charge on any atom is 0.315 e. The molecule has 22 heavy (non-hydrogen) atoms. The van der Waals surface area contributed by atoms with Crippen LogP contribution in [0.25, 0.3) is 0 Å². The average Bonchev–Trinajstić information content (AvgIpc) is 2.48. The Bertz CT molecular complexity index is 729. The van der Waals surface area contributed by atoms with Gasteiger partial charge in [-0.05, 0) is 37.1 Å². The summed E-state index contributed by atoms with van der Waals surface area (Å²) in [6.07, 6.45) is 4.19. The SMILES string of the molecule is Cc1c[nH]c(=O)c(CNC(=O)N[C@@H](C)c2cncc(F)c2)c1. The van der Waals surface area contributed by atoms with Crippen molar-refractivity contribution in [3.05, 3.63) is 63.6 Å². The van der Waals surface area contributed by atoms with E-state index in [0.29, 0.717) is 11.1 Å². The highest BCUT2D eigenvalue weighted by molar-refractivity contribution is 5.74. The smallest absolute Gasteiger partial charge is 0.315 e. The Balaban J connectivity index is 1.93. The van der Waals surface area contributed by atoms with E-state index in [1.165, 1.54) is 12.3 Å². The van der Waals surface area contributed by atoms with Gasteiger partial charge in [0.15, 0.2) is 0 Å². The molecule has 7 heteroatoms. The first-order valence-corrected chi connectivity index (χ1v) is 6.78. The molecule has 2 aromatic rings. The lowest BCUT2D eigenvalue weighted by Crippen LogP contribution is -2.37. The van der Waals surface area contributed by atoms with Gasteiger partial charge in [-0.15, -0.1) is 0 Å². The van der Waals surface area contributed by atoms with Crippen molar-refractivity contribution in [3.63, 3.8) is 0 Å². The molecule has 3 N–H and O–H groups in total. The molecule has 0 aromatic carbocycles. The summed E-state index contributed by atoms with van der Waals surface area (Å²) in [4.78, 5) is 29.7. The Labute approximate surface area is 126 Å². The van der Waals surface area contributed by atoms with Gasteiger partial charge in [0.25, 0.3) is 5.56 Å². The highest BCUT2D eigenvalue weighted by Gasteiger charge is 2.11. The normalized spacial score (nSPS) is 11.8. The molecule has 0 saturated carbocycles. The second-order valence-electron chi connectivity index (χ2n) is 5.02. The van der Waals surface area contributed by atoms with Gasteiger partial charge >= 0.3 is 6.03 Å². The summed E-state index contributed by atoms with van der Waals surface area (Å²) in [7, 11) is 0. The maximum absolute atomic E-state index is 13.1. The molecule has 2 amide bonds. The number of urea groups is 1. The molecule has 116 valence electrons. The minimum absolute atomic E-state index is 0.108. The van der Waals surface area contributed by atoms with Gasteiger partial charge in [-0.1, -0.05) is 0 Å². The van der Waals surface area contributed by atoms with Crippen molar-refractivity contribution < 1.29 is 9.18 Å². The first-order valence-electron chi connectivity index (χ1n) is 6.78. The fourth-order valence-corrected chi connectivity index (χ4v) is 1.96. The predicted molar refractivity (Wildman–Crippen MR) is 79.8 cm³/mol. The molecule has 0 aliphatic heterocycles. The minimum Gasteiger partial charge on any atom is -0.334 e. The van der Waals surface area contributed by atoms with Crippen molar-refractivity contribution in [1.82, 2.24) is 20.6 Å². The quantitative estimate of drug-likeness (QED) is 0.804. The highest BCUT2D eigenvalue weighted by Crippen LogP contribution is 2.11. The average molecular weight is 304 g/mol. The third-order valence-electron chi connectivity index (χ3n) is 3.14. The number of hydrogen-bond acceptors (Lipinski definition) is 3. The van der Waals surface area contributed by atoms with Crippen LogP contribution in [0.1, 0.15) is 29.7 Å². The number of rotatable bonds is 4. The number of nitrogens with one attached hydrogen (secondary N) is 3. The van der Waals surface area contributed by atoms with Crippen LogP contribution in [0.3, 0.4) is 0 Å². The molecular formula is C15H17FN4O2. The molecular weight excluding hydrogens is 287 g/mol. The molecule has 6 nitrogen and oxygen atoms in total. The number of aryl methyl sites for hydroxylation is 1. The van der Waals surface area contributed by atoms with Crippen LogP contribution in [0.2, 0.25) is 0 Å². The molecule has 2 aromatic heterocycles. The molecule has 0 fully saturated rings. The van der Waals surface area contributed by atoms with Gasteiger partial charge < -0.3 is 15.6 Å². The van der Waals surface area contributed by atoms with E-state index in [4.69, 9.17) is 0 Å². The lowest BCUT2D eigenvalue weighted by Gasteiger charge is -2.14. The molecule has 0 bridgehead atoms. The van der Waals surface area contributed by atoms with Gasteiger partial charge in [-0.2, -0.15) is 0 Å². The Kier molecular flexibility index (Phi) is 4.88. The van der Waals surface area contributed by atoms with Gasteiger partial charge in [0.05, 0.1) is 12.2 Å². The zero-order valence-electron chi connectivity index (χ0n) is 12.3. The number of amides is 2. The summed E-state index contributed by atoms with van der Waals surface area (Å²) >= 11 is 0. The van der Waals surface area contributed by atoms with Crippen LogP contribution < -0.4 is 16.2 Å². The zero-order chi connectivity index (χ0) is 16.1. The molecule has 0 spiro atoms. The Morgan fingerprint density at radius 1 is 1.41 bits per heavy atom. The number of pyridine rings is 2. The van der Waals surface area contributed by atoms with Crippen LogP contribution >= 0.6 is 0 Å². The van der Waals surface area contributed by atoms with E-state index >= 15 is 0 Å². The lowest BCUT2D eigenvalue weighted by molar-refractivity contribution is 0.237.